The molecule has 2 aliphatic heterocycles. The topological polar surface area (TPSA) is 41.7 Å². The number of anilines is 1. The first-order chi connectivity index (χ1) is 10.2. The standard InChI is InChI=1S/C16H24BrN3O.ClH/c17-14-2-1-13(12-19-5-3-15(18)4-6-19)16(11-14)20-7-9-21-10-8-20;/h1-2,11,15H,3-10,12,18H2;1H. The van der Waals surface area contributed by atoms with Gasteiger partial charge in [-0.3, -0.25) is 4.90 Å². The first-order valence-corrected chi connectivity index (χ1v) is 8.61. The second-order valence-electron chi connectivity index (χ2n) is 5.99. The van der Waals surface area contributed by atoms with Gasteiger partial charge in [-0.15, -0.1) is 12.4 Å². The molecule has 0 bridgehead atoms. The smallest absolute Gasteiger partial charge is 0.0642 e. The van der Waals surface area contributed by atoms with Crippen molar-refractivity contribution in [3.05, 3.63) is 28.2 Å². The van der Waals surface area contributed by atoms with Crippen LogP contribution in [0.25, 0.3) is 0 Å². The van der Waals surface area contributed by atoms with E-state index in [4.69, 9.17) is 10.5 Å². The Bertz CT molecular complexity index is 474. The van der Waals surface area contributed by atoms with Gasteiger partial charge in [-0.1, -0.05) is 22.0 Å². The summed E-state index contributed by atoms with van der Waals surface area (Å²) in [5.74, 6) is 0. The van der Waals surface area contributed by atoms with Gasteiger partial charge >= 0.3 is 0 Å². The fraction of sp³-hybridized carbons (Fsp3) is 0.625. The van der Waals surface area contributed by atoms with Crippen molar-refractivity contribution in [3.63, 3.8) is 0 Å². The molecule has 22 heavy (non-hydrogen) atoms. The Morgan fingerprint density at radius 2 is 1.82 bits per heavy atom. The summed E-state index contributed by atoms with van der Waals surface area (Å²) >= 11 is 3.61. The van der Waals surface area contributed by atoms with Gasteiger partial charge in [-0.25, -0.2) is 0 Å². The van der Waals surface area contributed by atoms with Gasteiger partial charge in [-0.05, 0) is 43.6 Å². The number of nitrogens with two attached hydrogens (primary N) is 1. The molecule has 0 atom stereocenters. The number of ether oxygens (including phenoxy) is 1. The summed E-state index contributed by atoms with van der Waals surface area (Å²) in [5.41, 5.74) is 8.76. The van der Waals surface area contributed by atoms with E-state index in [0.717, 1.165) is 63.3 Å². The summed E-state index contributed by atoms with van der Waals surface area (Å²) in [6, 6.07) is 7.04. The molecule has 3 rings (SSSR count). The van der Waals surface area contributed by atoms with Crippen molar-refractivity contribution in [2.45, 2.75) is 25.4 Å². The van der Waals surface area contributed by atoms with Crippen LogP contribution >= 0.6 is 28.3 Å². The quantitative estimate of drug-likeness (QED) is 0.861. The molecule has 2 aliphatic rings. The molecule has 2 fully saturated rings. The molecule has 0 aliphatic carbocycles. The van der Waals surface area contributed by atoms with Crippen LogP contribution in [0.4, 0.5) is 5.69 Å². The van der Waals surface area contributed by atoms with Gasteiger partial charge < -0.3 is 15.4 Å². The fourth-order valence-corrected chi connectivity index (χ4v) is 3.47. The van der Waals surface area contributed by atoms with E-state index < -0.39 is 0 Å². The number of hydrogen-bond acceptors (Lipinski definition) is 4. The van der Waals surface area contributed by atoms with E-state index in [1.165, 1.54) is 11.3 Å². The minimum absolute atomic E-state index is 0. The number of benzene rings is 1. The number of likely N-dealkylation sites (tertiary alicyclic amines) is 1. The number of piperidine rings is 1. The third-order valence-corrected chi connectivity index (χ3v) is 4.92. The molecular formula is C16H25BrClN3O. The third kappa shape index (κ3) is 4.59. The van der Waals surface area contributed by atoms with E-state index in [0.29, 0.717) is 6.04 Å². The Morgan fingerprint density at radius 3 is 2.50 bits per heavy atom. The van der Waals surface area contributed by atoms with E-state index >= 15 is 0 Å². The molecule has 2 N–H and O–H groups in total. The van der Waals surface area contributed by atoms with Crippen LogP contribution in [0.5, 0.6) is 0 Å². The lowest BCUT2D eigenvalue weighted by molar-refractivity contribution is 0.122. The Kier molecular flexibility index (Phi) is 6.96. The van der Waals surface area contributed by atoms with Crippen LogP contribution in [-0.4, -0.2) is 50.3 Å². The number of hydrogen-bond donors (Lipinski definition) is 1. The van der Waals surface area contributed by atoms with Crippen LogP contribution in [0.2, 0.25) is 0 Å². The van der Waals surface area contributed by atoms with Crippen LogP contribution < -0.4 is 10.6 Å². The third-order valence-electron chi connectivity index (χ3n) is 4.43. The zero-order chi connectivity index (χ0) is 14.7. The summed E-state index contributed by atoms with van der Waals surface area (Å²) in [4.78, 5) is 4.97. The van der Waals surface area contributed by atoms with E-state index in [9.17, 15) is 0 Å². The minimum Gasteiger partial charge on any atom is -0.378 e. The van der Waals surface area contributed by atoms with Crippen LogP contribution in [-0.2, 0) is 11.3 Å². The molecule has 124 valence electrons. The van der Waals surface area contributed by atoms with Crippen LogP contribution in [0.15, 0.2) is 22.7 Å². The molecule has 0 aromatic heterocycles. The van der Waals surface area contributed by atoms with Crippen molar-refractivity contribution in [1.82, 2.24) is 4.90 Å². The SMILES string of the molecule is Cl.NC1CCN(Cc2ccc(Br)cc2N2CCOCC2)CC1. The highest BCUT2D eigenvalue weighted by molar-refractivity contribution is 9.10. The number of rotatable bonds is 3. The largest absolute Gasteiger partial charge is 0.378 e. The monoisotopic (exact) mass is 389 g/mol. The molecule has 4 nitrogen and oxygen atoms in total. The average molecular weight is 391 g/mol. The molecule has 2 saturated heterocycles. The lowest BCUT2D eigenvalue weighted by Gasteiger charge is -2.34. The summed E-state index contributed by atoms with van der Waals surface area (Å²) < 4.78 is 6.62. The maximum absolute atomic E-state index is 6.00. The van der Waals surface area contributed by atoms with Crippen molar-refractivity contribution in [2.24, 2.45) is 5.73 Å². The fourth-order valence-electron chi connectivity index (χ4n) is 3.12. The molecule has 0 saturated carbocycles. The first-order valence-electron chi connectivity index (χ1n) is 7.81. The molecular weight excluding hydrogens is 366 g/mol. The predicted molar refractivity (Wildman–Crippen MR) is 96.9 cm³/mol. The zero-order valence-corrected chi connectivity index (χ0v) is 15.2. The summed E-state index contributed by atoms with van der Waals surface area (Å²) in [5, 5.41) is 0. The maximum atomic E-state index is 6.00. The minimum atomic E-state index is 0. The highest BCUT2D eigenvalue weighted by Crippen LogP contribution is 2.28. The maximum Gasteiger partial charge on any atom is 0.0642 e. The van der Waals surface area contributed by atoms with Crippen molar-refractivity contribution in [3.8, 4) is 0 Å². The van der Waals surface area contributed by atoms with Crippen molar-refractivity contribution < 1.29 is 4.74 Å². The van der Waals surface area contributed by atoms with Gasteiger partial charge in [0, 0.05) is 35.8 Å². The van der Waals surface area contributed by atoms with Crippen molar-refractivity contribution in [2.75, 3.05) is 44.3 Å². The van der Waals surface area contributed by atoms with E-state index in [1.54, 1.807) is 0 Å². The second-order valence-corrected chi connectivity index (χ2v) is 6.90. The van der Waals surface area contributed by atoms with Gasteiger partial charge in [0.2, 0.25) is 0 Å². The Morgan fingerprint density at radius 1 is 1.14 bits per heavy atom. The zero-order valence-electron chi connectivity index (χ0n) is 12.8. The lowest BCUT2D eigenvalue weighted by atomic mass is 10.0. The molecule has 1 aromatic carbocycles. The normalized spacial score (nSPS) is 20.7. The summed E-state index contributed by atoms with van der Waals surface area (Å²) in [6.07, 6.45) is 2.23. The molecule has 1 aromatic rings. The Balaban J connectivity index is 0.00000176. The van der Waals surface area contributed by atoms with Crippen molar-refractivity contribution >= 4 is 34.0 Å². The predicted octanol–water partition coefficient (Wildman–Crippen LogP) is 2.63. The molecule has 0 unspecified atom stereocenters. The molecule has 0 amide bonds. The number of halogens is 2. The van der Waals surface area contributed by atoms with E-state index in [-0.39, 0.29) is 12.4 Å². The van der Waals surface area contributed by atoms with Gasteiger partial charge in [0.25, 0.3) is 0 Å². The molecule has 0 spiro atoms. The molecule has 6 heteroatoms. The Labute approximate surface area is 147 Å². The van der Waals surface area contributed by atoms with Crippen LogP contribution in [0.3, 0.4) is 0 Å². The Hall–Kier alpha value is -0.330. The lowest BCUT2D eigenvalue weighted by Crippen LogP contribution is -2.40. The van der Waals surface area contributed by atoms with E-state index in [2.05, 4.69) is 43.9 Å². The van der Waals surface area contributed by atoms with Crippen LogP contribution in [0.1, 0.15) is 18.4 Å². The number of nitrogens with zero attached hydrogens (tertiary/aromatic N) is 2. The highest BCUT2D eigenvalue weighted by Gasteiger charge is 2.20. The highest BCUT2D eigenvalue weighted by atomic mass is 79.9. The van der Waals surface area contributed by atoms with Gasteiger partial charge in [-0.2, -0.15) is 0 Å². The molecule has 0 radical (unpaired) electrons. The number of morpholine rings is 1. The van der Waals surface area contributed by atoms with Crippen LogP contribution in [0, 0.1) is 0 Å². The van der Waals surface area contributed by atoms with Gasteiger partial charge in [0.1, 0.15) is 0 Å². The molecule has 2 heterocycles. The average Bonchev–Trinajstić information content (AvgIpc) is 2.52. The van der Waals surface area contributed by atoms with Crippen molar-refractivity contribution in [1.29, 1.82) is 0 Å². The second kappa shape index (κ2) is 8.50. The first kappa shape index (κ1) is 18.0. The van der Waals surface area contributed by atoms with Gasteiger partial charge in [0.05, 0.1) is 13.2 Å². The van der Waals surface area contributed by atoms with E-state index in [1.807, 2.05) is 0 Å². The summed E-state index contributed by atoms with van der Waals surface area (Å²) in [6.45, 7) is 6.85. The summed E-state index contributed by atoms with van der Waals surface area (Å²) in [7, 11) is 0. The van der Waals surface area contributed by atoms with Gasteiger partial charge in [0.15, 0.2) is 0 Å².